The average molecular weight is 389 g/mol. The van der Waals surface area contributed by atoms with Crippen molar-refractivity contribution in [1.82, 2.24) is 10.2 Å². The SMILES string of the molecule is C[C@@H](Sc1nnc(-c2cccs2)o1)C(=O)Nc1ccc2c(c1)OCCO2. The van der Waals surface area contributed by atoms with Crippen molar-refractivity contribution in [2.24, 2.45) is 0 Å². The van der Waals surface area contributed by atoms with E-state index in [0.717, 1.165) is 4.88 Å². The number of thiophene rings is 1. The summed E-state index contributed by atoms with van der Waals surface area (Å²) in [5, 5.41) is 12.8. The minimum Gasteiger partial charge on any atom is -0.486 e. The van der Waals surface area contributed by atoms with Crippen LogP contribution in [0.2, 0.25) is 0 Å². The van der Waals surface area contributed by atoms with Gasteiger partial charge in [-0.1, -0.05) is 17.8 Å². The van der Waals surface area contributed by atoms with Gasteiger partial charge < -0.3 is 19.2 Å². The monoisotopic (exact) mass is 389 g/mol. The minimum absolute atomic E-state index is 0.164. The molecule has 0 spiro atoms. The lowest BCUT2D eigenvalue weighted by Gasteiger charge is -2.19. The van der Waals surface area contributed by atoms with Crippen molar-refractivity contribution in [2.45, 2.75) is 17.4 Å². The molecule has 134 valence electrons. The molecule has 1 aromatic carbocycles. The number of amides is 1. The van der Waals surface area contributed by atoms with Gasteiger partial charge in [-0.05, 0) is 30.5 Å². The molecule has 0 aliphatic carbocycles. The van der Waals surface area contributed by atoms with Gasteiger partial charge in [0, 0.05) is 11.8 Å². The van der Waals surface area contributed by atoms with Gasteiger partial charge in [0.2, 0.25) is 5.91 Å². The number of rotatable bonds is 5. The molecule has 0 radical (unpaired) electrons. The first-order chi connectivity index (χ1) is 12.7. The predicted molar refractivity (Wildman–Crippen MR) is 99.0 cm³/mol. The van der Waals surface area contributed by atoms with Crippen LogP contribution in [0.4, 0.5) is 5.69 Å². The molecule has 1 aliphatic heterocycles. The van der Waals surface area contributed by atoms with Gasteiger partial charge in [0.1, 0.15) is 13.2 Å². The summed E-state index contributed by atoms with van der Waals surface area (Å²) in [4.78, 5) is 13.3. The van der Waals surface area contributed by atoms with E-state index < -0.39 is 5.25 Å². The van der Waals surface area contributed by atoms with E-state index in [2.05, 4.69) is 15.5 Å². The molecule has 1 N–H and O–H groups in total. The fraction of sp³-hybridized carbons (Fsp3) is 0.235. The highest BCUT2D eigenvalue weighted by molar-refractivity contribution is 8.00. The molecule has 0 saturated heterocycles. The van der Waals surface area contributed by atoms with Crippen LogP contribution in [0.25, 0.3) is 10.8 Å². The molecule has 0 saturated carbocycles. The summed E-state index contributed by atoms with van der Waals surface area (Å²) in [5.41, 5.74) is 0.650. The van der Waals surface area contributed by atoms with E-state index in [0.29, 0.717) is 41.5 Å². The molecule has 0 bridgehead atoms. The second kappa shape index (κ2) is 7.38. The lowest BCUT2D eigenvalue weighted by molar-refractivity contribution is -0.115. The Morgan fingerprint density at radius 1 is 1.23 bits per heavy atom. The fourth-order valence-corrected chi connectivity index (χ4v) is 3.65. The Morgan fingerprint density at radius 2 is 2.08 bits per heavy atom. The number of hydrogen-bond donors (Lipinski definition) is 1. The average Bonchev–Trinajstić information content (AvgIpc) is 3.33. The molecule has 1 amide bonds. The molecule has 0 fully saturated rings. The number of anilines is 1. The quantitative estimate of drug-likeness (QED) is 0.666. The van der Waals surface area contributed by atoms with E-state index in [1.54, 1.807) is 25.1 Å². The minimum atomic E-state index is -0.403. The first-order valence-corrected chi connectivity index (χ1v) is 9.69. The second-order valence-electron chi connectivity index (χ2n) is 5.46. The van der Waals surface area contributed by atoms with Gasteiger partial charge >= 0.3 is 0 Å². The van der Waals surface area contributed by atoms with Gasteiger partial charge in [-0.15, -0.1) is 21.5 Å². The first kappa shape index (κ1) is 16.9. The Balaban J connectivity index is 1.39. The summed E-state index contributed by atoms with van der Waals surface area (Å²) < 4.78 is 16.6. The zero-order chi connectivity index (χ0) is 17.9. The Morgan fingerprint density at radius 3 is 2.88 bits per heavy atom. The van der Waals surface area contributed by atoms with Gasteiger partial charge in [0.15, 0.2) is 11.5 Å². The van der Waals surface area contributed by atoms with Gasteiger partial charge in [-0.3, -0.25) is 4.79 Å². The maximum absolute atomic E-state index is 12.4. The maximum Gasteiger partial charge on any atom is 0.277 e. The zero-order valence-corrected chi connectivity index (χ0v) is 15.4. The third kappa shape index (κ3) is 3.68. The second-order valence-corrected chi connectivity index (χ2v) is 7.70. The number of fused-ring (bicyclic) bond motifs is 1. The van der Waals surface area contributed by atoms with Crippen LogP contribution in [-0.4, -0.2) is 34.6 Å². The number of aromatic nitrogens is 2. The van der Waals surface area contributed by atoms with Crippen LogP contribution in [0.15, 0.2) is 45.4 Å². The van der Waals surface area contributed by atoms with Gasteiger partial charge in [0.05, 0.1) is 10.1 Å². The Bertz CT molecular complexity index is 911. The predicted octanol–water partition coefficient (Wildman–Crippen LogP) is 3.69. The molecular formula is C17H15N3O4S2. The van der Waals surface area contributed by atoms with Gasteiger partial charge in [-0.2, -0.15) is 0 Å². The van der Waals surface area contributed by atoms with Crippen LogP contribution in [0.1, 0.15) is 6.92 Å². The molecule has 26 heavy (non-hydrogen) atoms. The highest BCUT2D eigenvalue weighted by atomic mass is 32.2. The highest BCUT2D eigenvalue weighted by Crippen LogP contribution is 2.33. The molecule has 1 aliphatic rings. The van der Waals surface area contributed by atoms with Crippen molar-refractivity contribution in [3.05, 3.63) is 35.7 Å². The van der Waals surface area contributed by atoms with Crippen LogP contribution in [-0.2, 0) is 4.79 Å². The summed E-state index contributed by atoms with van der Waals surface area (Å²) in [6, 6.07) is 9.15. The molecule has 4 rings (SSSR count). The lowest BCUT2D eigenvalue weighted by Crippen LogP contribution is -2.22. The number of carbonyl (C=O) groups excluding carboxylic acids is 1. The third-order valence-electron chi connectivity index (χ3n) is 3.59. The summed E-state index contributed by atoms with van der Waals surface area (Å²) in [7, 11) is 0. The van der Waals surface area contributed by atoms with Crippen molar-refractivity contribution < 1.29 is 18.7 Å². The lowest BCUT2D eigenvalue weighted by atomic mass is 10.2. The number of nitrogens with zero attached hydrogens (tertiary/aromatic N) is 2. The van der Waals surface area contributed by atoms with E-state index in [1.807, 2.05) is 17.5 Å². The Kier molecular flexibility index (Phi) is 4.81. The molecule has 3 aromatic rings. The van der Waals surface area contributed by atoms with Crippen molar-refractivity contribution in [3.63, 3.8) is 0 Å². The molecule has 7 nitrogen and oxygen atoms in total. The standard InChI is InChI=1S/C17H15N3O4S2/c1-10(26-17-20-19-16(24-17)14-3-2-8-25-14)15(21)18-11-4-5-12-13(9-11)23-7-6-22-12/h2-5,8-10H,6-7H2,1H3,(H,18,21)/t10-/m1/s1. The van der Waals surface area contributed by atoms with Gasteiger partial charge in [0.25, 0.3) is 11.1 Å². The Hall–Kier alpha value is -2.52. The third-order valence-corrected chi connectivity index (χ3v) is 5.39. The van der Waals surface area contributed by atoms with E-state index in [4.69, 9.17) is 13.9 Å². The molecule has 0 unspecified atom stereocenters. The van der Waals surface area contributed by atoms with E-state index >= 15 is 0 Å². The van der Waals surface area contributed by atoms with Crippen molar-refractivity contribution in [1.29, 1.82) is 0 Å². The molecular weight excluding hydrogens is 374 g/mol. The summed E-state index contributed by atoms with van der Waals surface area (Å²) >= 11 is 2.73. The van der Waals surface area contributed by atoms with E-state index in [1.165, 1.54) is 23.1 Å². The van der Waals surface area contributed by atoms with Gasteiger partial charge in [-0.25, -0.2) is 0 Å². The molecule has 2 aromatic heterocycles. The summed E-state index contributed by atoms with van der Waals surface area (Å²) in [5.74, 6) is 1.61. The van der Waals surface area contributed by atoms with Crippen LogP contribution in [0, 0.1) is 0 Å². The number of thioether (sulfide) groups is 1. The number of ether oxygens (including phenoxy) is 2. The summed E-state index contributed by atoms with van der Waals surface area (Å²) in [6.45, 7) is 2.82. The number of carbonyl (C=O) groups is 1. The van der Waals surface area contributed by atoms with E-state index in [-0.39, 0.29) is 5.91 Å². The summed E-state index contributed by atoms with van der Waals surface area (Å²) in [6.07, 6.45) is 0. The van der Waals surface area contributed by atoms with Crippen LogP contribution in [0.3, 0.4) is 0 Å². The van der Waals surface area contributed by atoms with Crippen molar-refractivity contribution >= 4 is 34.7 Å². The van der Waals surface area contributed by atoms with Crippen LogP contribution in [0.5, 0.6) is 11.5 Å². The van der Waals surface area contributed by atoms with Crippen LogP contribution >= 0.6 is 23.1 Å². The Labute approximate surface area is 157 Å². The zero-order valence-electron chi connectivity index (χ0n) is 13.8. The fourth-order valence-electron chi connectivity index (χ4n) is 2.33. The van der Waals surface area contributed by atoms with Crippen LogP contribution < -0.4 is 14.8 Å². The normalized spacial score (nSPS) is 14.0. The topological polar surface area (TPSA) is 86.5 Å². The smallest absolute Gasteiger partial charge is 0.277 e. The maximum atomic E-state index is 12.4. The molecule has 3 heterocycles. The first-order valence-electron chi connectivity index (χ1n) is 7.93. The largest absolute Gasteiger partial charge is 0.486 e. The van der Waals surface area contributed by atoms with Crippen molar-refractivity contribution in [2.75, 3.05) is 18.5 Å². The highest BCUT2D eigenvalue weighted by Gasteiger charge is 2.20. The van der Waals surface area contributed by atoms with Crippen molar-refractivity contribution in [3.8, 4) is 22.3 Å². The number of hydrogen-bond acceptors (Lipinski definition) is 8. The number of nitrogens with one attached hydrogen (secondary N) is 1. The molecule has 9 heteroatoms. The number of benzene rings is 1. The van der Waals surface area contributed by atoms with E-state index in [9.17, 15) is 4.79 Å². The molecule has 1 atom stereocenters.